The van der Waals surface area contributed by atoms with Crippen molar-refractivity contribution in [3.63, 3.8) is 0 Å². The molecular weight excluding hydrogens is 268 g/mol. The maximum absolute atomic E-state index is 12.4. The van der Waals surface area contributed by atoms with Gasteiger partial charge in [0.05, 0.1) is 18.3 Å². The van der Waals surface area contributed by atoms with Crippen LogP contribution in [0.3, 0.4) is 0 Å². The third-order valence-electron chi connectivity index (χ3n) is 3.73. The average molecular weight is 282 g/mol. The molecule has 1 unspecified atom stereocenters. The minimum Gasteiger partial charge on any atom is -0.477 e. The predicted octanol–water partition coefficient (Wildman–Crippen LogP) is 2.50. The van der Waals surface area contributed by atoms with Crippen LogP contribution in [-0.2, 0) is 6.54 Å². The minimum atomic E-state index is -1.07. The molecule has 1 aliphatic rings. The first-order valence-corrected chi connectivity index (χ1v) is 6.67. The van der Waals surface area contributed by atoms with Gasteiger partial charge in [-0.2, -0.15) is 0 Å². The zero-order valence-electron chi connectivity index (χ0n) is 11.5. The summed E-state index contributed by atoms with van der Waals surface area (Å²) < 4.78 is 0. The van der Waals surface area contributed by atoms with Gasteiger partial charge in [0.15, 0.2) is 0 Å². The summed E-state index contributed by atoms with van der Waals surface area (Å²) in [6.45, 7) is 2.26. The lowest BCUT2D eigenvalue weighted by Gasteiger charge is -2.21. The van der Waals surface area contributed by atoms with Gasteiger partial charge in [0.2, 0.25) is 0 Å². The number of nitrogens with zero attached hydrogens (tertiary/aromatic N) is 2. The van der Waals surface area contributed by atoms with E-state index >= 15 is 0 Å². The molecular formula is C16H14N2O3. The lowest BCUT2D eigenvalue weighted by Crippen LogP contribution is -2.26. The topological polar surface area (TPSA) is 70.5 Å². The molecule has 0 fully saturated rings. The zero-order chi connectivity index (χ0) is 15.0. The SMILES string of the molecule is CC1c2ccccc2C(=O)N1Cc1cccc(C(=O)O)n1. The quantitative estimate of drug-likeness (QED) is 0.939. The first kappa shape index (κ1) is 13.3. The third kappa shape index (κ3) is 2.27. The van der Waals surface area contributed by atoms with Crippen LogP contribution < -0.4 is 0 Å². The van der Waals surface area contributed by atoms with Crippen LogP contribution in [0.5, 0.6) is 0 Å². The van der Waals surface area contributed by atoms with Crippen molar-refractivity contribution in [2.75, 3.05) is 0 Å². The summed E-state index contributed by atoms with van der Waals surface area (Å²) in [7, 11) is 0. The summed E-state index contributed by atoms with van der Waals surface area (Å²) in [5, 5.41) is 8.97. The maximum Gasteiger partial charge on any atom is 0.354 e. The van der Waals surface area contributed by atoms with E-state index in [9.17, 15) is 9.59 Å². The summed E-state index contributed by atoms with van der Waals surface area (Å²) in [6, 6.07) is 12.3. The number of carboxylic acids is 1. The Morgan fingerprint density at radius 1 is 1.24 bits per heavy atom. The molecule has 0 saturated carbocycles. The molecule has 1 aromatic heterocycles. The maximum atomic E-state index is 12.4. The van der Waals surface area contributed by atoms with Gasteiger partial charge in [-0.15, -0.1) is 0 Å². The molecule has 21 heavy (non-hydrogen) atoms. The second-order valence-electron chi connectivity index (χ2n) is 5.02. The zero-order valence-corrected chi connectivity index (χ0v) is 11.5. The summed E-state index contributed by atoms with van der Waals surface area (Å²) >= 11 is 0. The number of benzene rings is 1. The number of fused-ring (bicyclic) bond motifs is 1. The van der Waals surface area contributed by atoms with E-state index < -0.39 is 5.97 Å². The van der Waals surface area contributed by atoms with Gasteiger partial charge >= 0.3 is 5.97 Å². The molecule has 1 aliphatic heterocycles. The molecule has 5 nitrogen and oxygen atoms in total. The Hall–Kier alpha value is -2.69. The number of amides is 1. The second kappa shape index (κ2) is 5.01. The molecule has 1 amide bonds. The van der Waals surface area contributed by atoms with Gasteiger partial charge in [-0.05, 0) is 30.7 Å². The van der Waals surface area contributed by atoms with Crippen LogP contribution in [0, 0.1) is 0 Å². The van der Waals surface area contributed by atoms with Gasteiger partial charge in [-0.25, -0.2) is 9.78 Å². The van der Waals surface area contributed by atoms with Crippen molar-refractivity contribution in [2.45, 2.75) is 19.5 Å². The minimum absolute atomic E-state index is 0.00990. The van der Waals surface area contributed by atoms with Crippen LogP contribution in [0.2, 0.25) is 0 Å². The Morgan fingerprint density at radius 3 is 2.71 bits per heavy atom. The first-order valence-electron chi connectivity index (χ1n) is 6.67. The van der Waals surface area contributed by atoms with E-state index in [1.807, 2.05) is 31.2 Å². The van der Waals surface area contributed by atoms with Crippen LogP contribution in [0.25, 0.3) is 0 Å². The fourth-order valence-corrected chi connectivity index (χ4v) is 2.62. The normalized spacial score (nSPS) is 16.9. The lowest BCUT2D eigenvalue weighted by molar-refractivity contribution is 0.0690. The molecule has 3 rings (SSSR count). The van der Waals surface area contributed by atoms with Crippen molar-refractivity contribution in [1.82, 2.24) is 9.88 Å². The van der Waals surface area contributed by atoms with E-state index in [1.165, 1.54) is 6.07 Å². The van der Waals surface area contributed by atoms with Gasteiger partial charge in [0, 0.05) is 5.56 Å². The fourth-order valence-electron chi connectivity index (χ4n) is 2.62. The van der Waals surface area contributed by atoms with Gasteiger partial charge in [0.25, 0.3) is 5.91 Å². The Labute approximate surface area is 121 Å². The van der Waals surface area contributed by atoms with Crippen LogP contribution in [0.1, 0.15) is 45.1 Å². The van der Waals surface area contributed by atoms with E-state index in [0.717, 1.165) is 5.56 Å². The smallest absolute Gasteiger partial charge is 0.354 e. The van der Waals surface area contributed by atoms with E-state index in [4.69, 9.17) is 5.11 Å². The summed E-state index contributed by atoms with van der Waals surface area (Å²) in [5.74, 6) is -1.11. The Bertz CT molecular complexity index is 727. The highest BCUT2D eigenvalue weighted by molar-refractivity contribution is 5.99. The second-order valence-corrected chi connectivity index (χ2v) is 5.02. The molecule has 0 aliphatic carbocycles. The number of hydrogen-bond acceptors (Lipinski definition) is 3. The van der Waals surface area contributed by atoms with Crippen LogP contribution in [-0.4, -0.2) is 26.9 Å². The Kier molecular flexibility index (Phi) is 3.17. The summed E-state index contributed by atoms with van der Waals surface area (Å²) in [5.41, 5.74) is 2.27. The molecule has 106 valence electrons. The number of carboxylic acid groups (broad SMARTS) is 1. The lowest BCUT2D eigenvalue weighted by atomic mass is 10.1. The number of carbonyl (C=O) groups excluding carboxylic acids is 1. The van der Waals surface area contributed by atoms with Crippen molar-refractivity contribution in [3.8, 4) is 0 Å². The first-order chi connectivity index (χ1) is 10.1. The van der Waals surface area contributed by atoms with Gasteiger partial charge in [0.1, 0.15) is 5.69 Å². The number of carbonyl (C=O) groups is 2. The largest absolute Gasteiger partial charge is 0.477 e. The van der Waals surface area contributed by atoms with Crippen LogP contribution in [0.15, 0.2) is 42.5 Å². The molecule has 5 heteroatoms. The molecule has 0 saturated heterocycles. The van der Waals surface area contributed by atoms with Gasteiger partial charge in [-0.1, -0.05) is 24.3 Å². The third-order valence-corrected chi connectivity index (χ3v) is 3.73. The van der Waals surface area contributed by atoms with Crippen molar-refractivity contribution in [3.05, 3.63) is 65.0 Å². The molecule has 1 aromatic carbocycles. The number of hydrogen-bond donors (Lipinski definition) is 1. The van der Waals surface area contributed by atoms with Crippen LogP contribution >= 0.6 is 0 Å². The van der Waals surface area contributed by atoms with Gasteiger partial charge < -0.3 is 10.0 Å². The summed E-state index contributed by atoms with van der Waals surface area (Å²) in [6.07, 6.45) is 0. The van der Waals surface area contributed by atoms with Crippen molar-refractivity contribution < 1.29 is 14.7 Å². The van der Waals surface area contributed by atoms with Crippen molar-refractivity contribution in [2.24, 2.45) is 0 Å². The van der Waals surface area contributed by atoms with E-state index in [-0.39, 0.29) is 17.6 Å². The average Bonchev–Trinajstić information content (AvgIpc) is 2.73. The number of pyridine rings is 1. The Balaban J connectivity index is 1.88. The highest BCUT2D eigenvalue weighted by Gasteiger charge is 2.33. The molecule has 0 bridgehead atoms. The fraction of sp³-hybridized carbons (Fsp3) is 0.188. The molecule has 1 N–H and O–H groups in total. The Morgan fingerprint density at radius 2 is 2.00 bits per heavy atom. The number of aromatic nitrogens is 1. The van der Waals surface area contributed by atoms with Crippen molar-refractivity contribution in [1.29, 1.82) is 0 Å². The molecule has 1 atom stereocenters. The predicted molar refractivity (Wildman–Crippen MR) is 75.9 cm³/mol. The number of rotatable bonds is 3. The van der Waals surface area contributed by atoms with E-state index in [1.54, 1.807) is 17.0 Å². The van der Waals surface area contributed by atoms with E-state index in [0.29, 0.717) is 17.8 Å². The standard InChI is InChI=1S/C16H14N2O3/c1-10-12-6-2-3-7-13(12)15(19)18(10)9-11-5-4-8-14(17-11)16(20)21/h2-8,10H,9H2,1H3,(H,20,21). The van der Waals surface area contributed by atoms with E-state index in [2.05, 4.69) is 4.98 Å². The molecule has 2 aromatic rings. The molecule has 0 spiro atoms. The highest BCUT2D eigenvalue weighted by atomic mass is 16.4. The number of aromatic carboxylic acids is 1. The molecule has 0 radical (unpaired) electrons. The van der Waals surface area contributed by atoms with Crippen molar-refractivity contribution >= 4 is 11.9 Å². The highest BCUT2D eigenvalue weighted by Crippen LogP contribution is 2.33. The van der Waals surface area contributed by atoms with Gasteiger partial charge in [-0.3, -0.25) is 4.79 Å². The summed E-state index contributed by atoms with van der Waals surface area (Å²) in [4.78, 5) is 29.1. The molecule has 2 heterocycles. The van der Waals surface area contributed by atoms with Crippen LogP contribution in [0.4, 0.5) is 0 Å². The monoisotopic (exact) mass is 282 g/mol.